The standard InChI is InChI=1S/C16H11Cl2FN2O2S2.BrH/c1-21-14(10-2-7-13(17)15(8-10)25(18,22)23)9-24-16(21)20-12-5-3-11(19)4-6-12;/h2-9H,1H3;1H. The Labute approximate surface area is 173 Å². The van der Waals surface area contributed by atoms with Gasteiger partial charge in [-0.15, -0.1) is 28.3 Å². The lowest BCUT2D eigenvalue weighted by Crippen LogP contribution is -2.11. The topological polar surface area (TPSA) is 51.4 Å². The first kappa shape index (κ1) is 21.1. The molecule has 0 bridgehead atoms. The van der Waals surface area contributed by atoms with Gasteiger partial charge in [-0.05, 0) is 36.4 Å². The first-order chi connectivity index (χ1) is 11.8. The van der Waals surface area contributed by atoms with Gasteiger partial charge in [-0.25, -0.2) is 17.8 Å². The van der Waals surface area contributed by atoms with Gasteiger partial charge in [-0.3, -0.25) is 0 Å². The summed E-state index contributed by atoms with van der Waals surface area (Å²) in [5.41, 5.74) is 2.01. The molecule has 0 spiro atoms. The fourth-order valence-corrected chi connectivity index (χ4v) is 4.63. The molecule has 2 aromatic carbocycles. The van der Waals surface area contributed by atoms with Crippen molar-refractivity contribution in [2.45, 2.75) is 4.90 Å². The number of benzene rings is 2. The summed E-state index contributed by atoms with van der Waals surface area (Å²) in [6.45, 7) is 0. The Hall–Kier alpha value is -1.19. The van der Waals surface area contributed by atoms with Crippen molar-refractivity contribution >= 4 is 65.3 Å². The van der Waals surface area contributed by atoms with Gasteiger partial charge in [0.2, 0.25) is 0 Å². The lowest BCUT2D eigenvalue weighted by molar-refractivity contribution is 0.609. The van der Waals surface area contributed by atoms with Crippen LogP contribution >= 0.6 is 50.6 Å². The molecule has 0 radical (unpaired) electrons. The molecule has 0 aliphatic carbocycles. The van der Waals surface area contributed by atoms with E-state index in [4.69, 9.17) is 22.3 Å². The molecule has 138 valence electrons. The number of thiazole rings is 1. The molecular weight excluding hydrogens is 486 g/mol. The molecule has 26 heavy (non-hydrogen) atoms. The number of hydrogen-bond acceptors (Lipinski definition) is 4. The highest BCUT2D eigenvalue weighted by atomic mass is 79.9. The molecule has 4 nitrogen and oxygen atoms in total. The number of halogens is 4. The summed E-state index contributed by atoms with van der Waals surface area (Å²) >= 11 is 7.29. The van der Waals surface area contributed by atoms with E-state index < -0.39 is 9.05 Å². The molecule has 0 saturated heterocycles. The number of rotatable bonds is 3. The molecule has 0 aliphatic rings. The average Bonchev–Trinajstić information content (AvgIpc) is 2.90. The van der Waals surface area contributed by atoms with Crippen molar-refractivity contribution in [2.75, 3.05) is 0 Å². The Morgan fingerprint density at radius 1 is 1.15 bits per heavy atom. The Morgan fingerprint density at radius 3 is 2.42 bits per heavy atom. The van der Waals surface area contributed by atoms with E-state index in [-0.39, 0.29) is 32.7 Å². The molecule has 0 saturated carbocycles. The van der Waals surface area contributed by atoms with E-state index >= 15 is 0 Å². The monoisotopic (exact) mass is 496 g/mol. The van der Waals surface area contributed by atoms with Crippen molar-refractivity contribution < 1.29 is 12.8 Å². The summed E-state index contributed by atoms with van der Waals surface area (Å²) in [5, 5.41) is 1.91. The predicted molar refractivity (Wildman–Crippen MR) is 109 cm³/mol. The van der Waals surface area contributed by atoms with Gasteiger partial charge in [0, 0.05) is 28.7 Å². The minimum atomic E-state index is -3.95. The zero-order valence-corrected chi connectivity index (χ0v) is 18.0. The molecule has 3 rings (SSSR count). The van der Waals surface area contributed by atoms with E-state index in [1.54, 1.807) is 25.2 Å². The Kier molecular flexibility index (Phi) is 6.68. The average molecular weight is 498 g/mol. The van der Waals surface area contributed by atoms with Crippen molar-refractivity contribution in [2.24, 2.45) is 12.0 Å². The lowest BCUT2D eigenvalue weighted by atomic mass is 10.2. The van der Waals surface area contributed by atoms with Crippen molar-refractivity contribution in [3.8, 4) is 11.3 Å². The van der Waals surface area contributed by atoms with Gasteiger partial charge in [0.05, 0.1) is 16.4 Å². The molecule has 1 aromatic heterocycles. The van der Waals surface area contributed by atoms with Gasteiger partial charge < -0.3 is 4.57 Å². The maximum atomic E-state index is 13.0. The SMILES string of the molecule is Br.Cn1c(-c2ccc(Cl)c(S(=O)(=O)Cl)c2)csc1=Nc1ccc(F)cc1. The number of hydrogen-bond donors (Lipinski definition) is 0. The summed E-state index contributed by atoms with van der Waals surface area (Å²) in [7, 11) is 3.28. The zero-order chi connectivity index (χ0) is 18.2. The quantitative estimate of drug-likeness (QED) is 0.462. The Bertz CT molecular complexity index is 1110. The zero-order valence-electron chi connectivity index (χ0n) is 13.2. The Morgan fingerprint density at radius 2 is 1.81 bits per heavy atom. The van der Waals surface area contributed by atoms with Crippen LogP contribution in [0.2, 0.25) is 5.02 Å². The van der Waals surface area contributed by atoms with Crippen LogP contribution in [0.4, 0.5) is 10.1 Å². The van der Waals surface area contributed by atoms with Gasteiger partial charge in [-0.1, -0.05) is 17.7 Å². The number of aromatic nitrogens is 1. The molecule has 10 heteroatoms. The normalized spacial score (nSPS) is 12.1. The van der Waals surface area contributed by atoms with Gasteiger partial charge in [0.25, 0.3) is 9.05 Å². The Balaban J connectivity index is 0.00000243. The van der Waals surface area contributed by atoms with E-state index in [0.29, 0.717) is 16.1 Å². The highest BCUT2D eigenvalue weighted by molar-refractivity contribution is 8.93. The van der Waals surface area contributed by atoms with Gasteiger partial charge in [0.15, 0.2) is 4.80 Å². The second-order valence-electron chi connectivity index (χ2n) is 5.13. The second-order valence-corrected chi connectivity index (χ2v) is 8.91. The van der Waals surface area contributed by atoms with Gasteiger partial charge in [-0.2, -0.15) is 0 Å². The predicted octanol–water partition coefficient (Wildman–Crippen LogP) is 5.28. The summed E-state index contributed by atoms with van der Waals surface area (Å²) in [4.78, 5) is 4.99. The van der Waals surface area contributed by atoms with E-state index in [1.165, 1.54) is 35.6 Å². The van der Waals surface area contributed by atoms with E-state index in [1.807, 2.05) is 9.95 Å². The fourth-order valence-electron chi connectivity index (χ4n) is 2.21. The molecule has 0 fully saturated rings. The smallest absolute Gasteiger partial charge is 0.262 e. The molecule has 0 N–H and O–H groups in total. The van der Waals surface area contributed by atoms with E-state index in [9.17, 15) is 12.8 Å². The maximum Gasteiger partial charge on any atom is 0.262 e. The summed E-state index contributed by atoms with van der Waals surface area (Å²) in [6, 6.07) is 10.4. The molecule has 3 aromatic rings. The van der Waals surface area contributed by atoms with Crippen molar-refractivity contribution in [1.82, 2.24) is 4.57 Å². The third-order valence-electron chi connectivity index (χ3n) is 3.47. The van der Waals surface area contributed by atoms with Crippen LogP contribution in [0.3, 0.4) is 0 Å². The van der Waals surface area contributed by atoms with Gasteiger partial charge in [0.1, 0.15) is 10.7 Å². The highest BCUT2D eigenvalue weighted by Crippen LogP contribution is 2.30. The third kappa shape index (κ3) is 4.55. The summed E-state index contributed by atoms with van der Waals surface area (Å²) in [5.74, 6) is -0.328. The van der Waals surface area contributed by atoms with Crippen LogP contribution in [0.25, 0.3) is 11.3 Å². The maximum absolute atomic E-state index is 13.0. The molecule has 0 unspecified atom stereocenters. The third-order valence-corrected chi connectivity index (χ3v) is 6.19. The number of nitrogens with zero attached hydrogens (tertiary/aromatic N) is 2. The van der Waals surface area contributed by atoms with Crippen LogP contribution in [-0.2, 0) is 16.1 Å². The van der Waals surface area contributed by atoms with Crippen molar-refractivity contribution in [3.63, 3.8) is 0 Å². The van der Waals surface area contributed by atoms with E-state index in [0.717, 1.165) is 5.69 Å². The van der Waals surface area contributed by atoms with Crippen LogP contribution in [0.1, 0.15) is 0 Å². The minimum Gasteiger partial charge on any atom is -0.320 e. The minimum absolute atomic E-state index is 0. The lowest BCUT2D eigenvalue weighted by Gasteiger charge is -2.06. The first-order valence-electron chi connectivity index (χ1n) is 6.95. The van der Waals surface area contributed by atoms with Crippen LogP contribution in [0.5, 0.6) is 0 Å². The molecule has 0 aliphatic heterocycles. The van der Waals surface area contributed by atoms with Crippen molar-refractivity contribution in [3.05, 3.63) is 63.5 Å². The van der Waals surface area contributed by atoms with Crippen LogP contribution < -0.4 is 4.80 Å². The summed E-state index contributed by atoms with van der Waals surface area (Å²) in [6.07, 6.45) is 0. The summed E-state index contributed by atoms with van der Waals surface area (Å²) < 4.78 is 38.0. The fraction of sp³-hybridized carbons (Fsp3) is 0.0625. The van der Waals surface area contributed by atoms with Gasteiger partial charge >= 0.3 is 0 Å². The molecular formula is C16H12BrCl2FN2O2S2. The first-order valence-corrected chi connectivity index (χ1v) is 10.5. The molecule has 0 atom stereocenters. The van der Waals surface area contributed by atoms with E-state index in [2.05, 4.69) is 4.99 Å². The largest absolute Gasteiger partial charge is 0.320 e. The molecule has 0 amide bonds. The van der Waals surface area contributed by atoms with Crippen LogP contribution in [0, 0.1) is 5.82 Å². The van der Waals surface area contributed by atoms with Crippen molar-refractivity contribution in [1.29, 1.82) is 0 Å². The van der Waals surface area contributed by atoms with Crippen LogP contribution in [0.15, 0.2) is 57.7 Å². The van der Waals surface area contributed by atoms with Crippen LogP contribution in [-0.4, -0.2) is 13.0 Å². The highest BCUT2D eigenvalue weighted by Gasteiger charge is 2.17. The molecule has 1 heterocycles. The second kappa shape index (κ2) is 8.22.